The lowest BCUT2D eigenvalue weighted by molar-refractivity contribution is 0.0402. The van der Waals surface area contributed by atoms with Crippen molar-refractivity contribution in [1.29, 1.82) is 0 Å². The molecule has 0 saturated heterocycles. The molecule has 3 aromatic rings. The van der Waals surface area contributed by atoms with Gasteiger partial charge < -0.3 is 9.74 Å². The number of halogens is 3. The molecule has 31 heavy (non-hydrogen) atoms. The van der Waals surface area contributed by atoms with Crippen molar-refractivity contribution in [3.63, 3.8) is 0 Å². The number of rotatable bonds is 6. The van der Waals surface area contributed by atoms with Crippen LogP contribution in [0.4, 0.5) is 8.78 Å². The first-order chi connectivity index (χ1) is 15.0. The first-order valence-electron chi connectivity index (χ1n) is 9.77. The van der Waals surface area contributed by atoms with Gasteiger partial charge in [0.05, 0.1) is 17.8 Å². The molecular formula is C24H19ClF2N2O2. The number of carbonyl (C=O) groups is 1. The van der Waals surface area contributed by atoms with E-state index < -0.39 is 17.8 Å². The third-order valence-corrected chi connectivity index (χ3v) is 5.41. The molecule has 0 fully saturated rings. The Balaban J connectivity index is 1.53. The van der Waals surface area contributed by atoms with Crippen molar-refractivity contribution < 1.29 is 18.4 Å². The van der Waals surface area contributed by atoms with Crippen LogP contribution in [0.1, 0.15) is 27.9 Å². The molecule has 1 aliphatic rings. The lowest BCUT2D eigenvalue weighted by Gasteiger charge is -2.25. The molecule has 0 N–H and O–H groups in total. The summed E-state index contributed by atoms with van der Waals surface area (Å²) in [6.45, 7) is 0.380. The van der Waals surface area contributed by atoms with Gasteiger partial charge >= 0.3 is 0 Å². The summed E-state index contributed by atoms with van der Waals surface area (Å²) < 4.78 is 27.5. The van der Waals surface area contributed by atoms with Crippen molar-refractivity contribution in [2.45, 2.75) is 19.1 Å². The number of oxime groups is 1. The highest BCUT2D eigenvalue weighted by Crippen LogP contribution is 2.23. The molecule has 3 aromatic carbocycles. The van der Waals surface area contributed by atoms with E-state index in [0.29, 0.717) is 17.2 Å². The molecule has 4 nitrogen and oxygen atoms in total. The van der Waals surface area contributed by atoms with E-state index in [0.717, 1.165) is 11.1 Å². The number of nitrogens with zero attached hydrogens (tertiary/aromatic N) is 2. The van der Waals surface area contributed by atoms with E-state index in [-0.39, 0.29) is 24.5 Å². The Morgan fingerprint density at radius 2 is 1.74 bits per heavy atom. The first kappa shape index (κ1) is 21.0. The molecule has 0 saturated carbocycles. The average Bonchev–Trinajstić information content (AvgIpc) is 3.24. The molecule has 7 heteroatoms. The first-order valence-corrected chi connectivity index (χ1v) is 10.1. The second kappa shape index (κ2) is 9.27. The number of hydrogen-bond donors (Lipinski definition) is 0. The third-order valence-electron chi connectivity index (χ3n) is 5.04. The second-order valence-electron chi connectivity index (χ2n) is 7.23. The summed E-state index contributed by atoms with van der Waals surface area (Å²) in [5.41, 5.74) is 2.14. The van der Waals surface area contributed by atoms with Gasteiger partial charge in [0.25, 0.3) is 5.91 Å². The van der Waals surface area contributed by atoms with Crippen LogP contribution in [0.5, 0.6) is 0 Å². The van der Waals surface area contributed by atoms with Crippen molar-refractivity contribution >= 4 is 23.2 Å². The Labute approximate surface area is 183 Å². The van der Waals surface area contributed by atoms with E-state index in [1.807, 2.05) is 12.1 Å². The molecule has 1 atom stereocenters. The standard InChI is InChI=1S/C24H19ClF2N2O2/c25-21-7-3-1-5-17(21)14-29(24(30)20-6-2-4-8-22(20)27)15-19-13-23(28-31-19)16-9-11-18(26)12-10-16/h1-12,19H,13-15H2/t19-/m1/s1. The smallest absolute Gasteiger partial charge is 0.257 e. The van der Waals surface area contributed by atoms with Gasteiger partial charge in [-0.05, 0) is 41.5 Å². The highest BCUT2D eigenvalue weighted by atomic mass is 35.5. The van der Waals surface area contributed by atoms with Gasteiger partial charge in [-0.2, -0.15) is 0 Å². The van der Waals surface area contributed by atoms with Crippen molar-refractivity contribution in [2.24, 2.45) is 5.16 Å². The quantitative estimate of drug-likeness (QED) is 0.511. The van der Waals surface area contributed by atoms with E-state index in [9.17, 15) is 13.6 Å². The monoisotopic (exact) mass is 440 g/mol. The predicted molar refractivity (Wildman–Crippen MR) is 115 cm³/mol. The van der Waals surface area contributed by atoms with Gasteiger partial charge in [-0.15, -0.1) is 0 Å². The van der Waals surface area contributed by atoms with Gasteiger partial charge in [-0.25, -0.2) is 8.78 Å². The summed E-state index contributed by atoms with van der Waals surface area (Å²) >= 11 is 6.29. The Morgan fingerprint density at radius 1 is 1.03 bits per heavy atom. The summed E-state index contributed by atoms with van der Waals surface area (Å²) in [4.78, 5) is 20.2. The van der Waals surface area contributed by atoms with Gasteiger partial charge in [-0.1, -0.05) is 59.2 Å². The molecule has 1 aliphatic heterocycles. The average molecular weight is 441 g/mol. The van der Waals surface area contributed by atoms with Crippen LogP contribution in [0.3, 0.4) is 0 Å². The van der Waals surface area contributed by atoms with Crippen LogP contribution < -0.4 is 0 Å². The fourth-order valence-electron chi connectivity index (χ4n) is 3.44. The lowest BCUT2D eigenvalue weighted by Crippen LogP contribution is -2.37. The molecule has 158 valence electrons. The highest BCUT2D eigenvalue weighted by molar-refractivity contribution is 6.31. The van der Waals surface area contributed by atoms with Crippen LogP contribution in [0.2, 0.25) is 5.02 Å². The maximum Gasteiger partial charge on any atom is 0.257 e. The molecular weight excluding hydrogens is 422 g/mol. The number of carbonyl (C=O) groups excluding carboxylic acids is 1. The number of benzene rings is 3. The largest absolute Gasteiger partial charge is 0.390 e. The lowest BCUT2D eigenvalue weighted by atomic mass is 10.0. The fraction of sp³-hybridized carbons (Fsp3) is 0.167. The van der Waals surface area contributed by atoms with E-state index in [1.54, 1.807) is 30.3 Å². The minimum absolute atomic E-state index is 0.0211. The summed E-state index contributed by atoms with van der Waals surface area (Å²) in [5, 5.41) is 4.62. The van der Waals surface area contributed by atoms with Crippen molar-refractivity contribution in [1.82, 2.24) is 4.90 Å². The number of amides is 1. The summed E-state index contributed by atoms with van der Waals surface area (Å²) in [7, 11) is 0. The van der Waals surface area contributed by atoms with Crippen LogP contribution >= 0.6 is 11.6 Å². The van der Waals surface area contributed by atoms with E-state index in [1.165, 1.54) is 35.2 Å². The molecule has 4 rings (SSSR count). The Kier molecular flexibility index (Phi) is 6.28. The molecule has 0 radical (unpaired) electrons. The normalized spacial score (nSPS) is 15.3. The Morgan fingerprint density at radius 3 is 2.48 bits per heavy atom. The van der Waals surface area contributed by atoms with Crippen molar-refractivity contribution in [3.8, 4) is 0 Å². The van der Waals surface area contributed by atoms with E-state index >= 15 is 0 Å². The van der Waals surface area contributed by atoms with E-state index in [4.69, 9.17) is 16.4 Å². The van der Waals surface area contributed by atoms with Crippen LogP contribution in [-0.2, 0) is 11.4 Å². The number of hydrogen-bond acceptors (Lipinski definition) is 3. The van der Waals surface area contributed by atoms with Crippen molar-refractivity contribution in [2.75, 3.05) is 6.54 Å². The molecule has 0 aromatic heterocycles. The Hall–Kier alpha value is -3.25. The maximum atomic E-state index is 14.3. The molecule has 1 amide bonds. The van der Waals surface area contributed by atoms with Crippen LogP contribution in [0.25, 0.3) is 0 Å². The summed E-state index contributed by atoms with van der Waals surface area (Å²) in [6, 6.07) is 19.0. The fourth-order valence-corrected chi connectivity index (χ4v) is 3.64. The molecule has 0 bridgehead atoms. The predicted octanol–water partition coefficient (Wildman–Crippen LogP) is 5.45. The minimum atomic E-state index is -0.591. The van der Waals surface area contributed by atoms with Gasteiger partial charge in [0.2, 0.25) is 0 Å². The highest BCUT2D eigenvalue weighted by Gasteiger charge is 2.28. The van der Waals surface area contributed by atoms with Gasteiger partial charge in [0.1, 0.15) is 11.6 Å². The van der Waals surface area contributed by atoms with Crippen LogP contribution in [-0.4, -0.2) is 29.2 Å². The van der Waals surface area contributed by atoms with Crippen molar-refractivity contribution in [3.05, 3.63) is 106 Å². The second-order valence-corrected chi connectivity index (χ2v) is 7.64. The molecule has 1 heterocycles. The molecule has 0 aliphatic carbocycles. The summed E-state index contributed by atoms with van der Waals surface area (Å²) in [5.74, 6) is -1.38. The molecule has 0 unspecified atom stereocenters. The maximum absolute atomic E-state index is 14.3. The minimum Gasteiger partial charge on any atom is -0.390 e. The van der Waals surface area contributed by atoms with Crippen LogP contribution in [0.15, 0.2) is 78.0 Å². The Bertz CT molecular complexity index is 1120. The topological polar surface area (TPSA) is 41.9 Å². The van der Waals surface area contributed by atoms with Crippen LogP contribution in [0, 0.1) is 11.6 Å². The molecule has 0 spiro atoms. The zero-order valence-corrected chi connectivity index (χ0v) is 17.2. The van der Waals surface area contributed by atoms with Gasteiger partial charge in [-0.3, -0.25) is 4.79 Å². The SMILES string of the molecule is O=C(c1ccccc1F)N(Cc1ccccc1Cl)C[C@H]1CC(c2ccc(F)cc2)=NO1. The van der Waals surface area contributed by atoms with Gasteiger partial charge in [0, 0.05) is 18.0 Å². The van der Waals surface area contributed by atoms with Gasteiger partial charge in [0.15, 0.2) is 6.10 Å². The van der Waals surface area contributed by atoms with E-state index in [2.05, 4.69) is 5.16 Å². The summed E-state index contributed by atoms with van der Waals surface area (Å²) in [6.07, 6.45) is 0.0214. The third kappa shape index (κ3) is 4.91. The zero-order valence-electron chi connectivity index (χ0n) is 16.5. The zero-order chi connectivity index (χ0) is 21.8.